The highest BCUT2D eigenvalue weighted by Crippen LogP contribution is 2.30. The summed E-state index contributed by atoms with van der Waals surface area (Å²) in [5, 5.41) is 0. The molecule has 0 atom stereocenters. The molecule has 1 heterocycles. The molecule has 5 nitrogen and oxygen atoms in total. The Bertz CT molecular complexity index is 654. The second-order valence-corrected chi connectivity index (χ2v) is 4.44. The summed E-state index contributed by atoms with van der Waals surface area (Å²) in [5.74, 6) is 0.337. The van der Waals surface area contributed by atoms with Gasteiger partial charge in [-0.1, -0.05) is 12.1 Å². The normalized spacial score (nSPS) is 10.2. The van der Waals surface area contributed by atoms with Crippen molar-refractivity contribution in [1.29, 1.82) is 0 Å². The Morgan fingerprint density at radius 1 is 1.25 bits per heavy atom. The maximum atomic E-state index is 11.6. The summed E-state index contributed by atoms with van der Waals surface area (Å²) >= 11 is 0. The van der Waals surface area contributed by atoms with E-state index in [0.717, 1.165) is 11.1 Å². The average molecular weight is 272 g/mol. The Morgan fingerprint density at radius 2 is 2.00 bits per heavy atom. The Hall–Kier alpha value is -2.56. The first-order valence-electron chi connectivity index (χ1n) is 6.11. The van der Waals surface area contributed by atoms with Crippen molar-refractivity contribution in [3.63, 3.8) is 0 Å². The van der Waals surface area contributed by atoms with Crippen molar-refractivity contribution in [1.82, 2.24) is 4.98 Å². The van der Waals surface area contributed by atoms with Gasteiger partial charge in [0.15, 0.2) is 0 Å². The molecule has 0 saturated heterocycles. The van der Waals surface area contributed by atoms with Gasteiger partial charge in [0, 0.05) is 6.20 Å². The number of aryl methyl sites for hydroxylation is 2. The number of benzene rings is 1. The first-order chi connectivity index (χ1) is 9.52. The molecule has 0 aliphatic carbocycles. The van der Waals surface area contributed by atoms with Crippen LogP contribution in [0.1, 0.15) is 21.5 Å². The molecule has 0 aliphatic rings. The van der Waals surface area contributed by atoms with Gasteiger partial charge in [-0.3, -0.25) is 0 Å². The summed E-state index contributed by atoms with van der Waals surface area (Å²) in [6.45, 7) is 3.89. The lowest BCUT2D eigenvalue weighted by Gasteiger charge is -2.12. The molecule has 0 unspecified atom stereocenters. The third kappa shape index (κ3) is 2.71. The number of rotatable bonds is 3. The number of pyridine rings is 1. The number of hydrogen-bond acceptors (Lipinski definition) is 5. The molecule has 0 fully saturated rings. The zero-order valence-electron chi connectivity index (χ0n) is 11.6. The first-order valence-corrected chi connectivity index (χ1v) is 6.11. The summed E-state index contributed by atoms with van der Waals surface area (Å²) in [4.78, 5) is 15.6. The molecule has 2 aromatic rings. The number of hydrogen-bond donors (Lipinski definition) is 1. The standard InChI is InChI=1S/C15H16N2O3/c1-9-4-5-10(2)12(8-9)20-14-13(16)11(6-7-17-14)15(18)19-3/h4-8H,16H2,1-3H3. The average Bonchev–Trinajstić information content (AvgIpc) is 2.44. The van der Waals surface area contributed by atoms with Crippen LogP contribution in [-0.4, -0.2) is 18.1 Å². The van der Waals surface area contributed by atoms with Gasteiger partial charge in [0.25, 0.3) is 0 Å². The van der Waals surface area contributed by atoms with E-state index in [1.807, 2.05) is 32.0 Å². The number of nitrogen functional groups attached to an aromatic ring is 1. The number of methoxy groups -OCH3 is 1. The van der Waals surface area contributed by atoms with Gasteiger partial charge >= 0.3 is 5.97 Å². The minimum atomic E-state index is -0.518. The van der Waals surface area contributed by atoms with Gasteiger partial charge in [-0.2, -0.15) is 0 Å². The van der Waals surface area contributed by atoms with Gasteiger partial charge in [0.2, 0.25) is 5.88 Å². The number of ether oxygens (including phenoxy) is 2. The molecule has 2 rings (SSSR count). The van der Waals surface area contributed by atoms with Crippen LogP contribution < -0.4 is 10.5 Å². The van der Waals surface area contributed by atoms with E-state index < -0.39 is 5.97 Å². The predicted molar refractivity (Wildman–Crippen MR) is 76.0 cm³/mol. The molecule has 20 heavy (non-hydrogen) atoms. The van der Waals surface area contributed by atoms with E-state index in [-0.39, 0.29) is 17.1 Å². The molecular formula is C15H16N2O3. The number of anilines is 1. The maximum Gasteiger partial charge on any atom is 0.340 e. The van der Waals surface area contributed by atoms with Crippen LogP contribution in [-0.2, 0) is 4.74 Å². The lowest BCUT2D eigenvalue weighted by molar-refractivity contribution is 0.0601. The van der Waals surface area contributed by atoms with Crippen LogP contribution in [0.15, 0.2) is 30.5 Å². The number of carbonyl (C=O) groups is 1. The fourth-order valence-corrected chi connectivity index (χ4v) is 1.74. The van der Waals surface area contributed by atoms with Crippen molar-refractivity contribution < 1.29 is 14.3 Å². The summed E-state index contributed by atoms with van der Waals surface area (Å²) in [5.41, 5.74) is 8.33. The monoisotopic (exact) mass is 272 g/mol. The lowest BCUT2D eigenvalue weighted by atomic mass is 10.1. The molecule has 1 aromatic carbocycles. The van der Waals surface area contributed by atoms with Crippen LogP contribution in [0.3, 0.4) is 0 Å². The van der Waals surface area contributed by atoms with E-state index in [2.05, 4.69) is 9.72 Å². The maximum absolute atomic E-state index is 11.6. The van der Waals surface area contributed by atoms with Gasteiger partial charge < -0.3 is 15.2 Å². The Kier molecular flexibility index (Phi) is 3.89. The number of esters is 1. The highest BCUT2D eigenvalue weighted by atomic mass is 16.5. The first kappa shape index (κ1) is 13.9. The van der Waals surface area contributed by atoms with Crippen molar-refractivity contribution in [3.8, 4) is 11.6 Å². The van der Waals surface area contributed by atoms with Gasteiger partial charge in [0.1, 0.15) is 11.4 Å². The smallest absolute Gasteiger partial charge is 0.340 e. The van der Waals surface area contributed by atoms with Crippen molar-refractivity contribution in [2.75, 3.05) is 12.8 Å². The highest BCUT2D eigenvalue weighted by Gasteiger charge is 2.15. The number of aromatic nitrogens is 1. The molecule has 0 amide bonds. The van der Waals surface area contributed by atoms with Crippen LogP contribution in [0.25, 0.3) is 0 Å². The van der Waals surface area contributed by atoms with Crippen LogP contribution >= 0.6 is 0 Å². The summed E-state index contributed by atoms with van der Waals surface area (Å²) in [6.07, 6.45) is 1.46. The van der Waals surface area contributed by atoms with E-state index in [1.54, 1.807) is 0 Å². The Balaban J connectivity index is 2.39. The number of nitrogens with zero attached hydrogens (tertiary/aromatic N) is 1. The molecule has 5 heteroatoms. The third-order valence-corrected chi connectivity index (χ3v) is 2.91. The SMILES string of the molecule is COC(=O)c1ccnc(Oc2cc(C)ccc2C)c1N. The van der Waals surface area contributed by atoms with Gasteiger partial charge in [-0.25, -0.2) is 9.78 Å². The van der Waals surface area contributed by atoms with Crippen molar-refractivity contribution in [2.45, 2.75) is 13.8 Å². The van der Waals surface area contributed by atoms with E-state index in [0.29, 0.717) is 5.75 Å². The summed E-state index contributed by atoms with van der Waals surface area (Å²) in [7, 11) is 1.30. The Labute approximate surface area is 117 Å². The molecule has 0 spiro atoms. The minimum absolute atomic E-state index is 0.167. The highest BCUT2D eigenvalue weighted by molar-refractivity contribution is 5.96. The van der Waals surface area contributed by atoms with Crippen LogP contribution in [0.2, 0.25) is 0 Å². The zero-order valence-corrected chi connectivity index (χ0v) is 11.6. The van der Waals surface area contributed by atoms with Gasteiger partial charge in [-0.15, -0.1) is 0 Å². The fraction of sp³-hybridized carbons (Fsp3) is 0.200. The predicted octanol–water partition coefficient (Wildman–Crippen LogP) is 2.86. The second-order valence-electron chi connectivity index (χ2n) is 4.44. The quantitative estimate of drug-likeness (QED) is 0.869. The summed E-state index contributed by atoms with van der Waals surface area (Å²) in [6, 6.07) is 7.33. The third-order valence-electron chi connectivity index (χ3n) is 2.91. The molecule has 0 bridgehead atoms. The largest absolute Gasteiger partial charge is 0.465 e. The Morgan fingerprint density at radius 3 is 2.70 bits per heavy atom. The van der Waals surface area contributed by atoms with Gasteiger partial charge in [-0.05, 0) is 37.1 Å². The van der Waals surface area contributed by atoms with Crippen molar-refractivity contribution in [2.24, 2.45) is 0 Å². The summed E-state index contributed by atoms with van der Waals surface area (Å²) < 4.78 is 10.4. The molecular weight excluding hydrogens is 256 g/mol. The van der Waals surface area contributed by atoms with Crippen LogP contribution in [0.4, 0.5) is 5.69 Å². The fourth-order valence-electron chi connectivity index (χ4n) is 1.74. The van der Waals surface area contributed by atoms with Crippen LogP contribution in [0.5, 0.6) is 11.6 Å². The van der Waals surface area contributed by atoms with E-state index >= 15 is 0 Å². The molecule has 2 N–H and O–H groups in total. The molecule has 1 aromatic heterocycles. The molecule has 0 radical (unpaired) electrons. The molecule has 104 valence electrons. The van der Waals surface area contributed by atoms with Crippen molar-refractivity contribution >= 4 is 11.7 Å². The number of nitrogens with two attached hydrogens (primary N) is 1. The second kappa shape index (κ2) is 5.61. The van der Waals surface area contributed by atoms with E-state index in [9.17, 15) is 4.79 Å². The van der Waals surface area contributed by atoms with Crippen LogP contribution in [0, 0.1) is 13.8 Å². The molecule has 0 saturated carbocycles. The zero-order chi connectivity index (χ0) is 14.7. The van der Waals surface area contributed by atoms with Crippen molar-refractivity contribution in [3.05, 3.63) is 47.2 Å². The lowest BCUT2D eigenvalue weighted by Crippen LogP contribution is -2.07. The molecule has 0 aliphatic heterocycles. The minimum Gasteiger partial charge on any atom is -0.465 e. The van der Waals surface area contributed by atoms with Gasteiger partial charge in [0.05, 0.1) is 12.7 Å². The van der Waals surface area contributed by atoms with E-state index in [1.165, 1.54) is 19.4 Å². The number of carbonyl (C=O) groups excluding carboxylic acids is 1. The van der Waals surface area contributed by atoms with E-state index in [4.69, 9.17) is 10.5 Å². The topological polar surface area (TPSA) is 74.4 Å².